The topological polar surface area (TPSA) is 106 Å². The molecule has 21 heavy (non-hydrogen) atoms. The Morgan fingerprint density at radius 3 is 2.33 bits per heavy atom. The van der Waals surface area contributed by atoms with Crippen molar-refractivity contribution in [2.24, 2.45) is 5.73 Å². The van der Waals surface area contributed by atoms with E-state index in [0.29, 0.717) is 0 Å². The quantitative estimate of drug-likeness (QED) is 0.613. The first-order valence-electron chi connectivity index (χ1n) is 5.44. The molecule has 0 aliphatic rings. The zero-order valence-corrected chi connectivity index (χ0v) is 10.4. The Kier molecular flexibility index (Phi) is 4.79. The predicted octanol–water partition coefficient (Wildman–Crippen LogP) is 0.597. The van der Waals surface area contributed by atoms with Crippen molar-refractivity contribution in [2.75, 3.05) is 5.32 Å². The van der Waals surface area contributed by atoms with Gasteiger partial charge in [0.1, 0.15) is 0 Å². The fraction of sp³-hybridized carbons (Fsp3) is 0.167. The van der Waals surface area contributed by atoms with Gasteiger partial charge in [-0.15, -0.1) is 0 Å². The van der Waals surface area contributed by atoms with Crippen molar-refractivity contribution >= 4 is 29.6 Å². The minimum atomic E-state index is -5.18. The number of amides is 2. The van der Waals surface area contributed by atoms with Crippen LogP contribution in [0.4, 0.5) is 18.9 Å². The lowest BCUT2D eigenvalue weighted by molar-refractivity contribution is -0.167. The van der Waals surface area contributed by atoms with Gasteiger partial charge in [0.2, 0.25) is 0 Å². The molecular weight excluding hydrogens is 293 g/mol. The van der Waals surface area contributed by atoms with Gasteiger partial charge in [0.15, 0.2) is 12.1 Å². The van der Waals surface area contributed by atoms with E-state index in [-0.39, 0.29) is 11.8 Å². The van der Waals surface area contributed by atoms with Crippen molar-refractivity contribution in [3.63, 3.8) is 0 Å². The van der Waals surface area contributed by atoms with Crippen molar-refractivity contribution in [3.8, 4) is 0 Å². The van der Waals surface area contributed by atoms with Crippen LogP contribution in [0.15, 0.2) is 18.2 Å². The van der Waals surface area contributed by atoms with Crippen molar-refractivity contribution < 1.29 is 32.3 Å². The normalized spacial score (nSPS) is 10.8. The third kappa shape index (κ3) is 4.13. The van der Waals surface area contributed by atoms with Gasteiger partial charge < -0.3 is 11.1 Å². The van der Waals surface area contributed by atoms with Gasteiger partial charge in [0.05, 0.1) is 11.3 Å². The van der Waals surface area contributed by atoms with E-state index in [1.807, 2.05) is 0 Å². The van der Waals surface area contributed by atoms with Gasteiger partial charge in [-0.05, 0) is 11.6 Å². The summed E-state index contributed by atoms with van der Waals surface area (Å²) >= 11 is 0. The van der Waals surface area contributed by atoms with Crippen molar-refractivity contribution in [1.29, 1.82) is 0 Å². The Balaban J connectivity index is 3.29. The maximum atomic E-state index is 12.3. The van der Waals surface area contributed by atoms with E-state index in [1.54, 1.807) is 0 Å². The van der Waals surface area contributed by atoms with Gasteiger partial charge in [0.25, 0.3) is 5.91 Å². The van der Waals surface area contributed by atoms with Crippen LogP contribution in [-0.2, 0) is 20.8 Å². The number of nitrogens with one attached hydrogen (secondary N) is 1. The molecule has 0 bridgehead atoms. The van der Waals surface area contributed by atoms with Crippen molar-refractivity contribution in [3.05, 3.63) is 29.3 Å². The van der Waals surface area contributed by atoms with Crippen LogP contribution in [0.5, 0.6) is 0 Å². The molecule has 3 N–H and O–H groups in total. The summed E-state index contributed by atoms with van der Waals surface area (Å²) in [6.07, 6.45) is -5.78. The third-order valence-corrected chi connectivity index (χ3v) is 2.41. The number of rotatable bonds is 5. The molecule has 9 heteroatoms. The first-order chi connectivity index (χ1) is 9.66. The first-order valence-corrected chi connectivity index (χ1v) is 5.44. The van der Waals surface area contributed by atoms with E-state index < -0.39 is 41.4 Å². The van der Waals surface area contributed by atoms with Gasteiger partial charge in [-0.25, -0.2) is 0 Å². The number of Topliss-reactive ketones (excluding diaryl/α,β-unsaturated/α-hetero) is 1. The highest BCUT2D eigenvalue weighted by Crippen LogP contribution is 2.25. The minimum absolute atomic E-state index is 0.0215. The average Bonchev–Trinajstić information content (AvgIpc) is 2.38. The molecule has 112 valence electrons. The van der Waals surface area contributed by atoms with Crippen LogP contribution >= 0.6 is 0 Å². The van der Waals surface area contributed by atoms with Crippen LogP contribution in [0.25, 0.3) is 0 Å². The second-order valence-corrected chi connectivity index (χ2v) is 3.92. The Bertz CT molecular complexity index is 611. The van der Waals surface area contributed by atoms with E-state index in [2.05, 4.69) is 0 Å². The predicted molar refractivity (Wildman–Crippen MR) is 64.4 cm³/mol. The molecule has 0 aliphatic heterocycles. The molecule has 6 nitrogen and oxygen atoms in total. The molecule has 0 spiro atoms. The summed E-state index contributed by atoms with van der Waals surface area (Å²) in [5, 5.41) is 1.50. The number of hydrogen-bond acceptors (Lipinski definition) is 4. The van der Waals surface area contributed by atoms with Crippen LogP contribution < -0.4 is 11.1 Å². The zero-order chi connectivity index (χ0) is 16.2. The highest BCUT2D eigenvalue weighted by atomic mass is 19.4. The molecule has 1 aromatic carbocycles. The number of primary amides is 1. The summed E-state index contributed by atoms with van der Waals surface area (Å²) in [7, 11) is 0. The van der Waals surface area contributed by atoms with Crippen molar-refractivity contribution in [2.45, 2.75) is 12.6 Å². The van der Waals surface area contributed by atoms with Crippen LogP contribution in [0.2, 0.25) is 0 Å². The maximum absolute atomic E-state index is 12.3. The molecular formula is C12H9F3N2O4. The fourth-order valence-corrected chi connectivity index (χ4v) is 1.51. The number of halogens is 3. The molecule has 1 rings (SSSR count). The van der Waals surface area contributed by atoms with Gasteiger partial charge in [-0.2, -0.15) is 13.2 Å². The zero-order valence-electron chi connectivity index (χ0n) is 10.4. The first kappa shape index (κ1) is 16.3. The highest BCUT2D eigenvalue weighted by molar-refractivity contribution is 6.26. The standard InChI is InChI=1S/C12H9F3N2O4/c13-12(14,15)11(21)17-9-6(4-7(19)5-18)2-1-3-8(9)10(16)20/h1-3,5H,4H2,(H2,16,20)(H,17,21). The molecule has 0 atom stereocenters. The molecule has 0 saturated carbocycles. The van der Waals surface area contributed by atoms with E-state index in [1.165, 1.54) is 17.4 Å². The number of nitrogens with two attached hydrogens (primary N) is 1. The summed E-state index contributed by atoms with van der Waals surface area (Å²) in [5.41, 5.74) is 3.94. The third-order valence-electron chi connectivity index (χ3n) is 2.41. The number of alkyl halides is 3. The minimum Gasteiger partial charge on any atom is -0.366 e. The highest BCUT2D eigenvalue weighted by Gasteiger charge is 2.39. The van der Waals surface area contributed by atoms with Crippen molar-refractivity contribution in [1.82, 2.24) is 0 Å². The number of carbonyl (C=O) groups is 4. The fourth-order valence-electron chi connectivity index (χ4n) is 1.51. The molecule has 2 amide bonds. The number of anilines is 1. The number of hydrogen-bond donors (Lipinski definition) is 2. The Morgan fingerprint density at radius 1 is 1.24 bits per heavy atom. The van der Waals surface area contributed by atoms with E-state index in [9.17, 15) is 32.3 Å². The van der Waals surface area contributed by atoms with Crippen LogP contribution in [0.1, 0.15) is 15.9 Å². The van der Waals surface area contributed by atoms with Crippen LogP contribution in [0.3, 0.4) is 0 Å². The second kappa shape index (κ2) is 6.16. The lowest BCUT2D eigenvalue weighted by Gasteiger charge is -2.14. The molecule has 0 fully saturated rings. The number of carbonyl (C=O) groups excluding carboxylic acids is 4. The molecule has 0 aromatic heterocycles. The smallest absolute Gasteiger partial charge is 0.366 e. The van der Waals surface area contributed by atoms with E-state index in [4.69, 9.17) is 5.73 Å². The van der Waals surface area contributed by atoms with E-state index >= 15 is 0 Å². The summed E-state index contributed by atoms with van der Waals surface area (Å²) in [6.45, 7) is 0. The second-order valence-electron chi connectivity index (χ2n) is 3.92. The van der Waals surface area contributed by atoms with Gasteiger partial charge in [-0.1, -0.05) is 12.1 Å². The van der Waals surface area contributed by atoms with Crippen LogP contribution in [-0.4, -0.2) is 30.1 Å². The van der Waals surface area contributed by atoms with Gasteiger partial charge >= 0.3 is 12.1 Å². The van der Waals surface area contributed by atoms with E-state index in [0.717, 1.165) is 6.07 Å². The molecule has 0 aliphatic carbocycles. The molecule has 1 aromatic rings. The van der Waals surface area contributed by atoms with Gasteiger partial charge in [-0.3, -0.25) is 19.2 Å². The Hall–Kier alpha value is -2.71. The Morgan fingerprint density at radius 2 is 1.86 bits per heavy atom. The monoisotopic (exact) mass is 302 g/mol. The summed E-state index contributed by atoms with van der Waals surface area (Å²) in [5.74, 6) is -4.34. The Labute approximate surface area is 116 Å². The lowest BCUT2D eigenvalue weighted by Crippen LogP contribution is -2.31. The summed E-state index contributed by atoms with van der Waals surface area (Å²) in [6, 6.07) is 3.54. The lowest BCUT2D eigenvalue weighted by atomic mass is 10.0. The van der Waals surface area contributed by atoms with Crippen LogP contribution in [0, 0.1) is 0 Å². The summed E-state index contributed by atoms with van der Waals surface area (Å²) < 4.78 is 36.8. The summed E-state index contributed by atoms with van der Waals surface area (Å²) in [4.78, 5) is 43.6. The molecule has 0 saturated heterocycles. The largest absolute Gasteiger partial charge is 0.471 e. The molecule has 0 unspecified atom stereocenters. The number of ketones is 1. The molecule has 0 radical (unpaired) electrons. The maximum Gasteiger partial charge on any atom is 0.471 e. The number of para-hydroxylation sites is 1. The number of aldehydes is 1. The van der Waals surface area contributed by atoms with Gasteiger partial charge in [0, 0.05) is 6.42 Å². The number of benzene rings is 1. The SMILES string of the molecule is NC(=O)c1cccc(CC(=O)C=O)c1NC(=O)C(F)(F)F. The molecule has 0 heterocycles. The average molecular weight is 302 g/mol.